The Labute approximate surface area is 103 Å². The lowest BCUT2D eigenvalue weighted by Gasteiger charge is -2.26. The van der Waals surface area contributed by atoms with Gasteiger partial charge in [0.25, 0.3) is 0 Å². The molecule has 2 fully saturated rings. The third kappa shape index (κ3) is 1.86. The van der Waals surface area contributed by atoms with Gasteiger partial charge in [-0.2, -0.15) is 0 Å². The van der Waals surface area contributed by atoms with E-state index in [1.807, 2.05) is 42.3 Å². The molecule has 0 spiro atoms. The van der Waals surface area contributed by atoms with Crippen molar-refractivity contribution in [2.75, 3.05) is 11.9 Å². The molecular formula is C15H19NO. The average Bonchev–Trinajstić information content (AvgIpc) is 3.00. The van der Waals surface area contributed by atoms with Gasteiger partial charge in [-0.05, 0) is 43.2 Å². The molecule has 17 heavy (non-hydrogen) atoms. The molecular weight excluding hydrogens is 210 g/mol. The molecule has 0 radical (unpaired) electrons. The molecule has 2 bridgehead atoms. The molecule has 0 saturated heterocycles. The van der Waals surface area contributed by atoms with Crippen LogP contribution in [-0.2, 0) is 4.79 Å². The number of anilines is 1. The van der Waals surface area contributed by atoms with Gasteiger partial charge >= 0.3 is 0 Å². The molecule has 2 nitrogen and oxygen atoms in total. The van der Waals surface area contributed by atoms with E-state index in [-0.39, 0.29) is 0 Å². The van der Waals surface area contributed by atoms with E-state index in [0.29, 0.717) is 17.7 Å². The van der Waals surface area contributed by atoms with E-state index in [2.05, 4.69) is 0 Å². The summed E-state index contributed by atoms with van der Waals surface area (Å²) in [5.41, 5.74) is 1.01. The zero-order valence-electron chi connectivity index (χ0n) is 10.3. The number of rotatable bonds is 2. The van der Waals surface area contributed by atoms with Gasteiger partial charge in [-0.25, -0.2) is 0 Å². The van der Waals surface area contributed by atoms with Crippen molar-refractivity contribution in [3.63, 3.8) is 0 Å². The number of benzene rings is 1. The van der Waals surface area contributed by atoms with Crippen molar-refractivity contribution in [3.05, 3.63) is 30.3 Å². The minimum absolute atomic E-state index is 0.291. The van der Waals surface area contributed by atoms with E-state index in [1.165, 1.54) is 19.3 Å². The van der Waals surface area contributed by atoms with E-state index in [9.17, 15) is 4.79 Å². The summed E-state index contributed by atoms with van der Waals surface area (Å²) in [6.07, 6.45) is 5.03. The number of hydrogen-bond acceptors (Lipinski definition) is 1. The number of carbonyl (C=O) groups excluding carboxylic acids is 1. The molecule has 3 atom stereocenters. The third-order valence-corrected chi connectivity index (χ3v) is 4.53. The summed E-state index contributed by atoms with van der Waals surface area (Å²) < 4.78 is 0. The van der Waals surface area contributed by atoms with Crippen molar-refractivity contribution in [2.24, 2.45) is 17.8 Å². The van der Waals surface area contributed by atoms with Gasteiger partial charge in [0, 0.05) is 18.7 Å². The van der Waals surface area contributed by atoms with Crippen LogP contribution in [0.2, 0.25) is 0 Å². The Kier molecular flexibility index (Phi) is 2.65. The molecule has 1 aromatic carbocycles. The Bertz CT molecular complexity index is 414. The number of para-hydroxylation sites is 1. The highest BCUT2D eigenvalue weighted by Gasteiger charge is 2.44. The zero-order valence-corrected chi connectivity index (χ0v) is 10.3. The minimum Gasteiger partial charge on any atom is -0.315 e. The maximum absolute atomic E-state index is 12.5. The largest absolute Gasteiger partial charge is 0.315 e. The van der Waals surface area contributed by atoms with Crippen LogP contribution in [0.15, 0.2) is 30.3 Å². The van der Waals surface area contributed by atoms with Crippen LogP contribution in [0.5, 0.6) is 0 Å². The van der Waals surface area contributed by atoms with Crippen LogP contribution in [0.3, 0.4) is 0 Å². The van der Waals surface area contributed by atoms with E-state index in [0.717, 1.165) is 18.0 Å². The van der Waals surface area contributed by atoms with Gasteiger partial charge in [-0.15, -0.1) is 0 Å². The van der Waals surface area contributed by atoms with Crippen LogP contribution in [0.1, 0.15) is 25.7 Å². The highest BCUT2D eigenvalue weighted by Crippen LogP contribution is 2.49. The normalized spacial score (nSPS) is 30.5. The monoisotopic (exact) mass is 229 g/mol. The van der Waals surface area contributed by atoms with Gasteiger partial charge in [0.15, 0.2) is 0 Å². The molecule has 0 N–H and O–H groups in total. The minimum atomic E-state index is 0.291. The second-order valence-corrected chi connectivity index (χ2v) is 5.51. The molecule has 90 valence electrons. The number of carbonyl (C=O) groups is 1. The Balaban J connectivity index is 1.74. The molecule has 0 aliphatic heterocycles. The summed E-state index contributed by atoms with van der Waals surface area (Å²) in [5, 5.41) is 0. The first kappa shape index (κ1) is 10.8. The van der Waals surface area contributed by atoms with E-state index in [1.54, 1.807) is 0 Å². The van der Waals surface area contributed by atoms with Gasteiger partial charge in [-0.3, -0.25) is 4.79 Å². The lowest BCUT2D eigenvalue weighted by Crippen LogP contribution is -2.35. The second-order valence-electron chi connectivity index (χ2n) is 5.51. The number of fused-ring (bicyclic) bond motifs is 2. The zero-order chi connectivity index (χ0) is 11.8. The molecule has 2 saturated carbocycles. The number of amides is 1. The van der Waals surface area contributed by atoms with E-state index < -0.39 is 0 Å². The molecule has 2 aliphatic carbocycles. The Morgan fingerprint density at radius 3 is 2.53 bits per heavy atom. The van der Waals surface area contributed by atoms with Crippen LogP contribution >= 0.6 is 0 Å². The first-order valence-corrected chi connectivity index (χ1v) is 6.58. The Morgan fingerprint density at radius 1 is 1.18 bits per heavy atom. The van der Waals surface area contributed by atoms with Crippen molar-refractivity contribution in [1.82, 2.24) is 0 Å². The van der Waals surface area contributed by atoms with E-state index in [4.69, 9.17) is 0 Å². The second kappa shape index (κ2) is 4.17. The van der Waals surface area contributed by atoms with Gasteiger partial charge in [0.1, 0.15) is 0 Å². The summed E-state index contributed by atoms with van der Waals surface area (Å²) in [4.78, 5) is 14.3. The smallest absolute Gasteiger partial charge is 0.230 e. The van der Waals surface area contributed by atoms with Crippen LogP contribution in [0.25, 0.3) is 0 Å². The van der Waals surface area contributed by atoms with Gasteiger partial charge < -0.3 is 4.90 Å². The van der Waals surface area contributed by atoms with Gasteiger partial charge in [-0.1, -0.05) is 24.6 Å². The van der Waals surface area contributed by atoms with Crippen molar-refractivity contribution in [2.45, 2.75) is 25.7 Å². The third-order valence-electron chi connectivity index (χ3n) is 4.53. The number of hydrogen-bond donors (Lipinski definition) is 0. The van der Waals surface area contributed by atoms with Crippen molar-refractivity contribution < 1.29 is 4.79 Å². The molecule has 1 aromatic rings. The average molecular weight is 229 g/mol. The van der Waals surface area contributed by atoms with Gasteiger partial charge in [0.05, 0.1) is 0 Å². The summed E-state index contributed by atoms with van der Waals surface area (Å²) in [6, 6.07) is 9.97. The summed E-state index contributed by atoms with van der Waals surface area (Å²) in [6.45, 7) is 0. The first-order valence-electron chi connectivity index (χ1n) is 6.58. The SMILES string of the molecule is CN(C(=O)C1CC2CCC1C2)c1ccccc1. The molecule has 3 unspecified atom stereocenters. The first-order chi connectivity index (χ1) is 8.25. The molecule has 0 aromatic heterocycles. The summed E-state index contributed by atoms with van der Waals surface area (Å²) in [7, 11) is 1.91. The quantitative estimate of drug-likeness (QED) is 0.763. The highest BCUT2D eigenvalue weighted by atomic mass is 16.2. The van der Waals surface area contributed by atoms with Crippen LogP contribution in [0, 0.1) is 17.8 Å². The molecule has 3 rings (SSSR count). The fraction of sp³-hybridized carbons (Fsp3) is 0.533. The highest BCUT2D eigenvalue weighted by molar-refractivity contribution is 5.94. The summed E-state index contributed by atoms with van der Waals surface area (Å²) in [5.74, 6) is 2.11. The Morgan fingerprint density at radius 2 is 1.94 bits per heavy atom. The van der Waals surface area contributed by atoms with Crippen LogP contribution < -0.4 is 4.90 Å². The predicted molar refractivity (Wildman–Crippen MR) is 68.8 cm³/mol. The van der Waals surface area contributed by atoms with Crippen molar-refractivity contribution in [3.8, 4) is 0 Å². The topological polar surface area (TPSA) is 20.3 Å². The molecule has 0 heterocycles. The standard InChI is InChI=1S/C15H19NO/c1-16(13-5-3-2-4-6-13)15(17)14-10-11-7-8-12(14)9-11/h2-6,11-12,14H,7-10H2,1H3. The van der Waals surface area contributed by atoms with Crippen LogP contribution in [-0.4, -0.2) is 13.0 Å². The maximum Gasteiger partial charge on any atom is 0.230 e. The molecule has 2 aliphatic rings. The Hall–Kier alpha value is -1.31. The predicted octanol–water partition coefficient (Wildman–Crippen LogP) is 3.09. The van der Waals surface area contributed by atoms with Crippen LogP contribution in [0.4, 0.5) is 5.69 Å². The maximum atomic E-state index is 12.5. The summed E-state index contributed by atoms with van der Waals surface area (Å²) >= 11 is 0. The fourth-order valence-electron chi connectivity index (χ4n) is 3.57. The van der Waals surface area contributed by atoms with Crippen molar-refractivity contribution >= 4 is 11.6 Å². The van der Waals surface area contributed by atoms with Gasteiger partial charge in [0.2, 0.25) is 5.91 Å². The number of nitrogens with zero attached hydrogens (tertiary/aromatic N) is 1. The fourth-order valence-corrected chi connectivity index (χ4v) is 3.57. The molecule has 1 amide bonds. The lowest BCUT2D eigenvalue weighted by molar-refractivity contribution is -0.123. The molecule has 2 heteroatoms. The lowest BCUT2D eigenvalue weighted by atomic mass is 9.88. The van der Waals surface area contributed by atoms with E-state index >= 15 is 0 Å². The van der Waals surface area contributed by atoms with Crippen molar-refractivity contribution in [1.29, 1.82) is 0 Å².